The Morgan fingerprint density at radius 2 is 1.78 bits per heavy atom. The zero-order chi connectivity index (χ0) is 18.9. The molecule has 0 aliphatic rings. The van der Waals surface area contributed by atoms with Crippen molar-refractivity contribution in [1.29, 1.82) is 0 Å². The Labute approximate surface area is 157 Å². The summed E-state index contributed by atoms with van der Waals surface area (Å²) >= 11 is 0. The van der Waals surface area contributed by atoms with Gasteiger partial charge in [0.05, 0.1) is 24.7 Å². The zero-order valence-electron chi connectivity index (χ0n) is 14.9. The van der Waals surface area contributed by atoms with Crippen molar-refractivity contribution in [1.82, 2.24) is 15.3 Å². The Morgan fingerprint density at radius 3 is 2.52 bits per heavy atom. The number of para-hydroxylation sites is 3. The number of nitrogens with one attached hydrogen (secondary N) is 2. The highest BCUT2D eigenvalue weighted by Gasteiger charge is 2.09. The number of anilines is 2. The Morgan fingerprint density at radius 1 is 1.00 bits per heavy atom. The standard InChI is InChI=1S/C20H20N4O3/c1-26-12-11-21-20(25)17-13-23-19(14-22-17)24-16-9-5-6-10-18(16)27-15-7-3-2-4-8-15/h2-10,13-14H,11-12H2,1H3,(H,21,25)(H,23,24). The van der Waals surface area contributed by atoms with Crippen LogP contribution in [0.1, 0.15) is 10.5 Å². The number of rotatable bonds is 8. The van der Waals surface area contributed by atoms with Crippen molar-refractivity contribution in [2.45, 2.75) is 0 Å². The van der Waals surface area contributed by atoms with E-state index in [1.165, 1.54) is 12.4 Å². The minimum absolute atomic E-state index is 0.241. The highest BCUT2D eigenvalue weighted by atomic mass is 16.5. The molecule has 2 aromatic carbocycles. The summed E-state index contributed by atoms with van der Waals surface area (Å²) in [5.41, 5.74) is 0.985. The van der Waals surface area contributed by atoms with Gasteiger partial charge in [-0.3, -0.25) is 4.79 Å². The molecule has 0 aliphatic heterocycles. The first-order valence-corrected chi connectivity index (χ1v) is 8.44. The van der Waals surface area contributed by atoms with Crippen molar-refractivity contribution in [3.05, 3.63) is 72.7 Å². The van der Waals surface area contributed by atoms with E-state index in [0.717, 1.165) is 11.4 Å². The van der Waals surface area contributed by atoms with Crippen molar-refractivity contribution in [2.75, 3.05) is 25.6 Å². The van der Waals surface area contributed by atoms with Gasteiger partial charge in [0.2, 0.25) is 0 Å². The van der Waals surface area contributed by atoms with Crippen molar-refractivity contribution < 1.29 is 14.3 Å². The molecule has 0 aliphatic carbocycles. The lowest BCUT2D eigenvalue weighted by atomic mass is 10.3. The van der Waals surface area contributed by atoms with Gasteiger partial charge in [-0.1, -0.05) is 30.3 Å². The maximum Gasteiger partial charge on any atom is 0.271 e. The molecule has 1 aromatic heterocycles. The molecule has 0 bridgehead atoms. The van der Waals surface area contributed by atoms with E-state index in [-0.39, 0.29) is 11.6 Å². The van der Waals surface area contributed by atoms with Gasteiger partial charge < -0.3 is 20.1 Å². The van der Waals surface area contributed by atoms with Gasteiger partial charge >= 0.3 is 0 Å². The molecule has 7 heteroatoms. The summed E-state index contributed by atoms with van der Waals surface area (Å²) in [4.78, 5) is 20.3. The monoisotopic (exact) mass is 364 g/mol. The van der Waals surface area contributed by atoms with E-state index in [1.807, 2.05) is 54.6 Å². The van der Waals surface area contributed by atoms with Crippen LogP contribution in [0.3, 0.4) is 0 Å². The average Bonchev–Trinajstić information content (AvgIpc) is 2.71. The van der Waals surface area contributed by atoms with Crippen LogP contribution in [0.5, 0.6) is 11.5 Å². The number of ether oxygens (including phenoxy) is 2. The van der Waals surface area contributed by atoms with Crippen LogP contribution >= 0.6 is 0 Å². The van der Waals surface area contributed by atoms with Crippen molar-refractivity contribution in [2.24, 2.45) is 0 Å². The highest BCUT2D eigenvalue weighted by Crippen LogP contribution is 2.30. The molecule has 1 amide bonds. The van der Waals surface area contributed by atoms with Gasteiger partial charge in [-0.15, -0.1) is 0 Å². The molecule has 0 saturated heterocycles. The molecule has 1 heterocycles. The molecule has 3 rings (SSSR count). The molecule has 27 heavy (non-hydrogen) atoms. The molecule has 0 fully saturated rings. The van der Waals surface area contributed by atoms with E-state index >= 15 is 0 Å². The molecule has 0 spiro atoms. The average molecular weight is 364 g/mol. The highest BCUT2D eigenvalue weighted by molar-refractivity contribution is 5.92. The number of carbonyl (C=O) groups excluding carboxylic acids is 1. The SMILES string of the molecule is COCCNC(=O)c1cnc(Nc2ccccc2Oc2ccccc2)cn1. The molecular weight excluding hydrogens is 344 g/mol. The molecule has 0 radical (unpaired) electrons. The Hall–Kier alpha value is -3.45. The fourth-order valence-electron chi connectivity index (χ4n) is 2.28. The van der Waals surface area contributed by atoms with Gasteiger partial charge in [-0.05, 0) is 24.3 Å². The molecule has 0 saturated carbocycles. The number of hydrogen-bond acceptors (Lipinski definition) is 6. The number of nitrogens with zero attached hydrogens (tertiary/aromatic N) is 2. The van der Waals surface area contributed by atoms with Crippen LogP contribution in [0.15, 0.2) is 67.0 Å². The summed E-state index contributed by atoms with van der Waals surface area (Å²) in [5, 5.41) is 5.86. The first-order valence-electron chi connectivity index (χ1n) is 8.44. The number of hydrogen-bond donors (Lipinski definition) is 2. The summed E-state index contributed by atoms with van der Waals surface area (Å²) in [5.74, 6) is 1.61. The van der Waals surface area contributed by atoms with Crippen LogP contribution in [0.4, 0.5) is 11.5 Å². The molecule has 7 nitrogen and oxygen atoms in total. The van der Waals surface area contributed by atoms with Crippen LogP contribution in [-0.2, 0) is 4.74 Å². The number of benzene rings is 2. The number of carbonyl (C=O) groups is 1. The predicted molar refractivity (Wildman–Crippen MR) is 102 cm³/mol. The molecule has 0 unspecified atom stereocenters. The number of aromatic nitrogens is 2. The van der Waals surface area contributed by atoms with E-state index in [2.05, 4.69) is 20.6 Å². The molecular formula is C20H20N4O3. The lowest BCUT2D eigenvalue weighted by Gasteiger charge is -2.12. The smallest absolute Gasteiger partial charge is 0.271 e. The van der Waals surface area contributed by atoms with Gasteiger partial charge in [0.15, 0.2) is 5.75 Å². The lowest BCUT2D eigenvalue weighted by molar-refractivity contribution is 0.0932. The normalized spacial score (nSPS) is 10.3. The van der Waals surface area contributed by atoms with E-state index in [4.69, 9.17) is 9.47 Å². The van der Waals surface area contributed by atoms with Crippen LogP contribution in [0.2, 0.25) is 0 Å². The topological polar surface area (TPSA) is 85.4 Å². The molecule has 0 atom stereocenters. The Balaban J connectivity index is 1.68. The fraction of sp³-hybridized carbons (Fsp3) is 0.150. The molecule has 2 N–H and O–H groups in total. The quantitative estimate of drug-likeness (QED) is 0.596. The summed E-state index contributed by atoms with van der Waals surface area (Å²) in [6.45, 7) is 0.859. The Kier molecular flexibility index (Phi) is 6.32. The summed E-state index contributed by atoms with van der Waals surface area (Å²) in [6.07, 6.45) is 2.93. The van der Waals surface area contributed by atoms with Crippen LogP contribution in [0.25, 0.3) is 0 Å². The van der Waals surface area contributed by atoms with Crippen molar-refractivity contribution >= 4 is 17.4 Å². The summed E-state index contributed by atoms with van der Waals surface area (Å²) < 4.78 is 10.8. The van der Waals surface area contributed by atoms with Gasteiger partial charge in [0.25, 0.3) is 5.91 Å². The maximum atomic E-state index is 11.9. The Bertz CT molecular complexity index is 870. The van der Waals surface area contributed by atoms with Crippen molar-refractivity contribution in [3.8, 4) is 11.5 Å². The minimum Gasteiger partial charge on any atom is -0.455 e. The third kappa shape index (κ3) is 5.26. The van der Waals surface area contributed by atoms with Crippen LogP contribution < -0.4 is 15.4 Å². The van der Waals surface area contributed by atoms with Gasteiger partial charge in [-0.25, -0.2) is 9.97 Å². The van der Waals surface area contributed by atoms with Crippen molar-refractivity contribution in [3.63, 3.8) is 0 Å². The molecule has 3 aromatic rings. The maximum absolute atomic E-state index is 11.9. The second kappa shape index (κ2) is 9.30. The molecule has 138 valence electrons. The fourth-order valence-corrected chi connectivity index (χ4v) is 2.28. The van der Waals surface area contributed by atoms with E-state index in [0.29, 0.717) is 24.7 Å². The first-order chi connectivity index (χ1) is 13.3. The van der Waals surface area contributed by atoms with E-state index < -0.39 is 0 Å². The van der Waals surface area contributed by atoms with Gasteiger partial charge in [0, 0.05) is 13.7 Å². The zero-order valence-corrected chi connectivity index (χ0v) is 14.9. The summed E-state index contributed by atoms with van der Waals surface area (Å²) in [6, 6.07) is 17.0. The van der Waals surface area contributed by atoms with E-state index in [9.17, 15) is 4.79 Å². The first kappa shape index (κ1) is 18.3. The lowest BCUT2D eigenvalue weighted by Crippen LogP contribution is -2.27. The number of methoxy groups -OCH3 is 1. The van der Waals surface area contributed by atoms with Crippen LogP contribution in [-0.4, -0.2) is 36.1 Å². The third-order valence-corrected chi connectivity index (χ3v) is 3.60. The van der Waals surface area contributed by atoms with Crippen LogP contribution in [0, 0.1) is 0 Å². The third-order valence-electron chi connectivity index (χ3n) is 3.60. The van der Waals surface area contributed by atoms with Gasteiger partial charge in [0.1, 0.15) is 17.3 Å². The van der Waals surface area contributed by atoms with E-state index in [1.54, 1.807) is 7.11 Å². The predicted octanol–water partition coefficient (Wildman–Crippen LogP) is 3.39. The second-order valence-electron chi connectivity index (χ2n) is 5.57. The number of amides is 1. The van der Waals surface area contributed by atoms with Gasteiger partial charge in [-0.2, -0.15) is 0 Å². The minimum atomic E-state index is -0.293. The largest absolute Gasteiger partial charge is 0.455 e. The summed E-state index contributed by atoms with van der Waals surface area (Å²) in [7, 11) is 1.58. The second-order valence-corrected chi connectivity index (χ2v) is 5.57.